The zero-order chi connectivity index (χ0) is 11.7. The number of fused-ring (bicyclic) bond motifs is 1. The Morgan fingerprint density at radius 1 is 1.18 bits per heavy atom. The molecule has 1 N–H and O–H groups in total. The Bertz CT molecular complexity index is 396. The summed E-state index contributed by atoms with van der Waals surface area (Å²) in [6.45, 7) is 0. The highest BCUT2D eigenvalue weighted by atomic mass is 16.5. The molecule has 2 aliphatic carbocycles. The standard InChI is InChI=1S/C15H21NO/c1-16-14-10-9-13-12(14)7-4-8-15(13)17-11-5-2-3-6-11/h4,7-8,11,14,16H,2-3,5-6,9-10H2,1H3. The van der Waals surface area contributed by atoms with Crippen LogP contribution in [0.4, 0.5) is 0 Å². The summed E-state index contributed by atoms with van der Waals surface area (Å²) in [5, 5.41) is 3.39. The Kier molecular flexibility index (Phi) is 3.06. The van der Waals surface area contributed by atoms with Crippen molar-refractivity contribution >= 4 is 0 Å². The van der Waals surface area contributed by atoms with Crippen LogP contribution >= 0.6 is 0 Å². The van der Waals surface area contributed by atoms with Gasteiger partial charge in [-0.1, -0.05) is 12.1 Å². The lowest BCUT2D eigenvalue weighted by Crippen LogP contribution is -2.14. The average Bonchev–Trinajstić information content (AvgIpc) is 2.97. The minimum Gasteiger partial charge on any atom is -0.490 e. The molecule has 0 aliphatic heterocycles. The van der Waals surface area contributed by atoms with Crippen LogP contribution in [0.5, 0.6) is 5.75 Å². The molecule has 0 radical (unpaired) electrons. The monoisotopic (exact) mass is 231 g/mol. The molecule has 0 aromatic heterocycles. The highest BCUT2D eigenvalue weighted by Crippen LogP contribution is 2.38. The molecule has 2 heteroatoms. The zero-order valence-electron chi connectivity index (χ0n) is 10.5. The van der Waals surface area contributed by atoms with Gasteiger partial charge in [0.05, 0.1) is 6.10 Å². The van der Waals surface area contributed by atoms with E-state index in [1.165, 1.54) is 43.2 Å². The molecule has 0 heterocycles. The van der Waals surface area contributed by atoms with Crippen molar-refractivity contribution in [3.63, 3.8) is 0 Å². The molecule has 2 nitrogen and oxygen atoms in total. The lowest BCUT2D eigenvalue weighted by Gasteiger charge is -2.17. The molecule has 0 bridgehead atoms. The molecule has 1 saturated carbocycles. The van der Waals surface area contributed by atoms with Crippen LogP contribution in [-0.4, -0.2) is 13.2 Å². The number of hydrogen-bond acceptors (Lipinski definition) is 2. The third kappa shape index (κ3) is 2.06. The number of rotatable bonds is 3. The van der Waals surface area contributed by atoms with E-state index in [0.717, 1.165) is 12.2 Å². The highest BCUT2D eigenvalue weighted by Gasteiger charge is 2.25. The zero-order valence-corrected chi connectivity index (χ0v) is 10.5. The lowest BCUT2D eigenvalue weighted by atomic mass is 10.1. The van der Waals surface area contributed by atoms with E-state index in [0.29, 0.717) is 12.1 Å². The maximum Gasteiger partial charge on any atom is 0.123 e. The molecule has 1 aromatic carbocycles. The second-order valence-corrected chi connectivity index (χ2v) is 5.23. The third-order valence-electron chi connectivity index (χ3n) is 4.17. The summed E-state index contributed by atoms with van der Waals surface area (Å²) >= 11 is 0. The first-order valence-corrected chi connectivity index (χ1v) is 6.84. The van der Waals surface area contributed by atoms with Gasteiger partial charge < -0.3 is 10.1 Å². The molecule has 0 amide bonds. The van der Waals surface area contributed by atoms with Gasteiger partial charge in [0.1, 0.15) is 5.75 Å². The van der Waals surface area contributed by atoms with Crippen molar-refractivity contribution in [1.82, 2.24) is 5.32 Å². The van der Waals surface area contributed by atoms with Gasteiger partial charge >= 0.3 is 0 Å². The summed E-state index contributed by atoms with van der Waals surface area (Å²) in [5.74, 6) is 1.15. The SMILES string of the molecule is CNC1CCc2c(OC3CCCC3)cccc21. The van der Waals surface area contributed by atoms with E-state index in [1.807, 2.05) is 7.05 Å². The number of benzene rings is 1. The van der Waals surface area contributed by atoms with Crippen molar-refractivity contribution in [3.05, 3.63) is 29.3 Å². The van der Waals surface area contributed by atoms with Crippen molar-refractivity contribution in [2.45, 2.75) is 50.7 Å². The van der Waals surface area contributed by atoms with Crippen molar-refractivity contribution in [2.75, 3.05) is 7.05 Å². The predicted molar refractivity (Wildman–Crippen MR) is 69.4 cm³/mol. The fourth-order valence-electron chi connectivity index (χ4n) is 3.22. The molecule has 1 fully saturated rings. The summed E-state index contributed by atoms with van der Waals surface area (Å²) in [6, 6.07) is 7.05. The maximum atomic E-state index is 6.18. The van der Waals surface area contributed by atoms with Crippen LogP contribution < -0.4 is 10.1 Å². The van der Waals surface area contributed by atoms with Gasteiger partial charge in [-0.2, -0.15) is 0 Å². The van der Waals surface area contributed by atoms with Crippen molar-refractivity contribution in [1.29, 1.82) is 0 Å². The number of nitrogens with one attached hydrogen (secondary N) is 1. The van der Waals surface area contributed by atoms with Crippen LogP contribution in [0.2, 0.25) is 0 Å². The molecule has 1 atom stereocenters. The molecule has 2 aliphatic rings. The minimum absolute atomic E-state index is 0.468. The third-order valence-corrected chi connectivity index (χ3v) is 4.17. The molecular weight excluding hydrogens is 210 g/mol. The predicted octanol–water partition coefficient (Wildman–Crippen LogP) is 3.21. The maximum absolute atomic E-state index is 6.18. The highest BCUT2D eigenvalue weighted by molar-refractivity contribution is 5.45. The average molecular weight is 231 g/mol. The largest absolute Gasteiger partial charge is 0.490 e. The van der Waals surface area contributed by atoms with Gasteiger partial charge in [-0.05, 0) is 62.8 Å². The van der Waals surface area contributed by atoms with Gasteiger partial charge in [0.15, 0.2) is 0 Å². The fraction of sp³-hybridized carbons (Fsp3) is 0.600. The van der Waals surface area contributed by atoms with Gasteiger partial charge in [-0.3, -0.25) is 0 Å². The first-order chi connectivity index (χ1) is 8.38. The summed E-state index contributed by atoms with van der Waals surface area (Å²) in [5.41, 5.74) is 2.89. The van der Waals surface area contributed by atoms with E-state index in [9.17, 15) is 0 Å². The summed E-state index contributed by atoms with van der Waals surface area (Å²) in [7, 11) is 2.05. The van der Waals surface area contributed by atoms with E-state index in [2.05, 4.69) is 23.5 Å². The minimum atomic E-state index is 0.468. The Labute approximate surface area is 103 Å². The topological polar surface area (TPSA) is 21.3 Å². The Morgan fingerprint density at radius 2 is 2.00 bits per heavy atom. The second-order valence-electron chi connectivity index (χ2n) is 5.23. The van der Waals surface area contributed by atoms with Gasteiger partial charge in [0.25, 0.3) is 0 Å². The van der Waals surface area contributed by atoms with Crippen molar-refractivity contribution in [2.24, 2.45) is 0 Å². The molecule has 1 unspecified atom stereocenters. The molecule has 0 saturated heterocycles. The first-order valence-electron chi connectivity index (χ1n) is 6.84. The van der Waals surface area contributed by atoms with E-state index in [1.54, 1.807) is 0 Å². The smallest absolute Gasteiger partial charge is 0.123 e. The Balaban J connectivity index is 1.83. The molecule has 0 spiro atoms. The normalized spacial score (nSPS) is 23.9. The van der Waals surface area contributed by atoms with Crippen LogP contribution in [-0.2, 0) is 6.42 Å². The van der Waals surface area contributed by atoms with E-state index in [4.69, 9.17) is 4.74 Å². The quantitative estimate of drug-likeness (QED) is 0.862. The van der Waals surface area contributed by atoms with E-state index in [-0.39, 0.29) is 0 Å². The van der Waals surface area contributed by atoms with Crippen molar-refractivity contribution < 1.29 is 4.74 Å². The molecule has 92 valence electrons. The van der Waals surface area contributed by atoms with Gasteiger partial charge in [-0.15, -0.1) is 0 Å². The molecule has 17 heavy (non-hydrogen) atoms. The van der Waals surface area contributed by atoms with E-state index < -0.39 is 0 Å². The van der Waals surface area contributed by atoms with Crippen LogP contribution in [0.1, 0.15) is 49.3 Å². The van der Waals surface area contributed by atoms with Crippen molar-refractivity contribution in [3.8, 4) is 5.75 Å². The second kappa shape index (κ2) is 4.69. The summed E-state index contributed by atoms with van der Waals surface area (Å²) < 4.78 is 6.18. The van der Waals surface area contributed by atoms with Gasteiger partial charge in [0.2, 0.25) is 0 Å². The van der Waals surface area contributed by atoms with E-state index >= 15 is 0 Å². The molecule has 1 aromatic rings. The van der Waals surface area contributed by atoms with Crippen LogP contribution in [0.25, 0.3) is 0 Å². The summed E-state index contributed by atoms with van der Waals surface area (Å²) in [4.78, 5) is 0. The van der Waals surface area contributed by atoms with Gasteiger partial charge in [0, 0.05) is 6.04 Å². The Morgan fingerprint density at radius 3 is 2.76 bits per heavy atom. The van der Waals surface area contributed by atoms with Gasteiger partial charge in [-0.25, -0.2) is 0 Å². The lowest BCUT2D eigenvalue weighted by molar-refractivity contribution is 0.208. The first kappa shape index (κ1) is 11.1. The number of hydrogen-bond donors (Lipinski definition) is 1. The summed E-state index contributed by atoms with van der Waals surface area (Å²) in [6.07, 6.45) is 7.96. The molecular formula is C15H21NO. The Hall–Kier alpha value is -1.02. The van der Waals surface area contributed by atoms with Crippen LogP contribution in [0.15, 0.2) is 18.2 Å². The van der Waals surface area contributed by atoms with Crippen LogP contribution in [0.3, 0.4) is 0 Å². The molecule has 3 rings (SSSR count). The number of ether oxygens (including phenoxy) is 1. The fourth-order valence-corrected chi connectivity index (χ4v) is 3.22. The van der Waals surface area contributed by atoms with Crippen LogP contribution in [0, 0.1) is 0 Å².